The van der Waals surface area contributed by atoms with Crippen LogP contribution in [0.5, 0.6) is 0 Å². The molecule has 1 heterocycles. The fourth-order valence-electron chi connectivity index (χ4n) is 2.37. The summed E-state index contributed by atoms with van der Waals surface area (Å²) in [5.74, 6) is 0. The standard InChI is InChI=1S/C12H17ClN2O2/c1-12(17)6-4-9(5-7-12)15-8-2-3-10(14-13)11(15)16/h2-3,8-9,14,17H,4-7H2,1H3. The Morgan fingerprint density at radius 1 is 1.53 bits per heavy atom. The molecule has 0 amide bonds. The first-order valence-electron chi connectivity index (χ1n) is 5.84. The monoisotopic (exact) mass is 256 g/mol. The van der Waals surface area contributed by atoms with Gasteiger partial charge in [0.15, 0.2) is 0 Å². The van der Waals surface area contributed by atoms with E-state index in [9.17, 15) is 9.90 Å². The van der Waals surface area contributed by atoms with E-state index >= 15 is 0 Å². The zero-order chi connectivity index (χ0) is 12.5. The number of halogens is 1. The first-order valence-corrected chi connectivity index (χ1v) is 6.21. The largest absolute Gasteiger partial charge is 0.390 e. The minimum atomic E-state index is -0.581. The number of hydrogen-bond donors (Lipinski definition) is 2. The summed E-state index contributed by atoms with van der Waals surface area (Å²) in [7, 11) is 0. The average molecular weight is 257 g/mol. The maximum absolute atomic E-state index is 12.0. The number of anilines is 1. The lowest BCUT2D eigenvalue weighted by Crippen LogP contribution is -2.34. The second-order valence-electron chi connectivity index (χ2n) is 4.96. The Bertz CT molecular complexity index is 446. The molecule has 4 nitrogen and oxygen atoms in total. The van der Waals surface area contributed by atoms with Gasteiger partial charge >= 0.3 is 0 Å². The number of aromatic nitrogens is 1. The molecule has 1 fully saturated rings. The van der Waals surface area contributed by atoms with Crippen molar-refractivity contribution in [1.29, 1.82) is 0 Å². The van der Waals surface area contributed by atoms with Crippen molar-refractivity contribution < 1.29 is 5.11 Å². The van der Waals surface area contributed by atoms with Crippen LogP contribution in [0.3, 0.4) is 0 Å². The second kappa shape index (κ2) is 4.70. The predicted octanol–water partition coefficient (Wildman–Crippen LogP) is 2.28. The van der Waals surface area contributed by atoms with Gasteiger partial charge in [-0.1, -0.05) is 0 Å². The van der Waals surface area contributed by atoms with Crippen molar-refractivity contribution in [3.05, 3.63) is 28.7 Å². The molecular weight excluding hydrogens is 240 g/mol. The van der Waals surface area contributed by atoms with Crippen LogP contribution < -0.4 is 10.4 Å². The molecule has 0 aromatic carbocycles. The van der Waals surface area contributed by atoms with Crippen LogP contribution in [0.15, 0.2) is 23.1 Å². The number of aliphatic hydroxyl groups is 1. The Balaban J connectivity index is 2.22. The summed E-state index contributed by atoms with van der Waals surface area (Å²) >= 11 is 5.49. The lowest BCUT2D eigenvalue weighted by Gasteiger charge is -2.33. The van der Waals surface area contributed by atoms with Crippen molar-refractivity contribution in [2.75, 3.05) is 4.84 Å². The third kappa shape index (κ3) is 2.64. The molecule has 1 aromatic rings. The van der Waals surface area contributed by atoms with E-state index < -0.39 is 5.60 Å². The van der Waals surface area contributed by atoms with Crippen molar-refractivity contribution in [2.24, 2.45) is 0 Å². The fourth-order valence-corrected chi connectivity index (χ4v) is 2.52. The maximum atomic E-state index is 12.0. The highest BCUT2D eigenvalue weighted by atomic mass is 35.5. The second-order valence-corrected chi connectivity index (χ2v) is 5.15. The summed E-state index contributed by atoms with van der Waals surface area (Å²) < 4.78 is 1.71. The first-order chi connectivity index (χ1) is 8.03. The Morgan fingerprint density at radius 3 is 2.76 bits per heavy atom. The summed E-state index contributed by atoms with van der Waals surface area (Å²) in [6.07, 6.45) is 4.87. The lowest BCUT2D eigenvalue weighted by molar-refractivity contribution is 0.00956. The number of rotatable bonds is 2. The molecule has 94 valence electrons. The summed E-state index contributed by atoms with van der Waals surface area (Å²) in [5, 5.41) is 9.89. The smallest absolute Gasteiger partial charge is 0.275 e. The number of nitrogens with zero attached hydrogens (tertiary/aromatic N) is 1. The Morgan fingerprint density at radius 2 is 2.18 bits per heavy atom. The van der Waals surface area contributed by atoms with Crippen LogP contribution in [0, 0.1) is 0 Å². The van der Waals surface area contributed by atoms with E-state index in [1.165, 1.54) is 0 Å². The van der Waals surface area contributed by atoms with Gasteiger partial charge in [0.05, 0.1) is 5.60 Å². The molecule has 0 atom stereocenters. The van der Waals surface area contributed by atoms with Gasteiger partial charge in [-0.15, -0.1) is 0 Å². The first kappa shape index (κ1) is 12.5. The number of nitrogens with one attached hydrogen (secondary N) is 1. The maximum Gasteiger partial charge on any atom is 0.275 e. The Hall–Kier alpha value is -1.00. The normalized spacial score (nSPS) is 29.0. The molecule has 1 aliphatic carbocycles. The van der Waals surface area contributed by atoms with E-state index in [2.05, 4.69) is 4.84 Å². The lowest BCUT2D eigenvalue weighted by atomic mass is 9.83. The molecule has 2 N–H and O–H groups in total. The molecule has 0 spiro atoms. The molecule has 5 heteroatoms. The molecule has 2 rings (SSSR count). The van der Waals surface area contributed by atoms with Gasteiger partial charge in [-0.05, 0) is 44.7 Å². The average Bonchev–Trinajstić information content (AvgIpc) is 2.30. The van der Waals surface area contributed by atoms with Gasteiger partial charge in [0.25, 0.3) is 5.56 Å². The van der Waals surface area contributed by atoms with Crippen LogP contribution in [-0.2, 0) is 0 Å². The van der Waals surface area contributed by atoms with Crippen LogP contribution in [0.4, 0.5) is 5.69 Å². The highest BCUT2D eigenvalue weighted by molar-refractivity contribution is 6.23. The molecular formula is C12H17ClN2O2. The fraction of sp³-hybridized carbons (Fsp3) is 0.583. The van der Waals surface area contributed by atoms with Crippen LogP contribution in [0.25, 0.3) is 0 Å². The molecule has 0 radical (unpaired) electrons. The van der Waals surface area contributed by atoms with Crippen molar-refractivity contribution in [1.82, 2.24) is 4.57 Å². The van der Waals surface area contributed by atoms with Gasteiger partial charge in [0.2, 0.25) is 0 Å². The highest BCUT2D eigenvalue weighted by Gasteiger charge is 2.29. The van der Waals surface area contributed by atoms with Gasteiger partial charge in [0, 0.05) is 24.0 Å². The summed E-state index contributed by atoms with van der Waals surface area (Å²) in [6, 6.07) is 3.62. The molecule has 17 heavy (non-hydrogen) atoms. The van der Waals surface area contributed by atoms with Crippen molar-refractivity contribution >= 4 is 17.5 Å². The molecule has 0 unspecified atom stereocenters. The zero-order valence-corrected chi connectivity index (χ0v) is 10.6. The Kier molecular flexibility index (Phi) is 3.45. The highest BCUT2D eigenvalue weighted by Crippen LogP contribution is 2.33. The van der Waals surface area contributed by atoms with Gasteiger partial charge in [-0.3, -0.25) is 9.63 Å². The SMILES string of the molecule is CC1(O)CCC(n2cccc(NCl)c2=O)CC1. The molecule has 1 aliphatic rings. The van der Waals surface area contributed by atoms with Crippen LogP contribution in [-0.4, -0.2) is 15.3 Å². The third-order valence-corrected chi connectivity index (χ3v) is 3.71. The van der Waals surface area contributed by atoms with Crippen molar-refractivity contribution in [3.63, 3.8) is 0 Å². The third-order valence-electron chi connectivity index (χ3n) is 3.50. The van der Waals surface area contributed by atoms with Gasteiger partial charge in [-0.25, -0.2) is 0 Å². The van der Waals surface area contributed by atoms with E-state index in [-0.39, 0.29) is 11.6 Å². The number of hydrogen-bond acceptors (Lipinski definition) is 3. The topological polar surface area (TPSA) is 54.3 Å². The minimum absolute atomic E-state index is 0.103. The van der Waals surface area contributed by atoms with Crippen LogP contribution >= 0.6 is 11.8 Å². The van der Waals surface area contributed by atoms with Gasteiger partial charge in [0.1, 0.15) is 5.69 Å². The molecule has 0 bridgehead atoms. The zero-order valence-electron chi connectivity index (χ0n) is 9.82. The summed E-state index contributed by atoms with van der Waals surface area (Å²) in [5.41, 5.74) is -0.289. The number of pyridine rings is 1. The molecule has 1 aromatic heterocycles. The Labute approximate surface area is 105 Å². The van der Waals surface area contributed by atoms with E-state index in [1.54, 1.807) is 22.9 Å². The van der Waals surface area contributed by atoms with Gasteiger partial charge in [-0.2, -0.15) is 0 Å². The quantitative estimate of drug-likeness (QED) is 0.799. The van der Waals surface area contributed by atoms with E-state index in [4.69, 9.17) is 11.8 Å². The van der Waals surface area contributed by atoms with E-state index in [1.807, 2.05) is 6.92 Å². The molecule has 0 aliphatic heterocycles. The molecule has 0 saturated heterocycles. The van der Waals surface area contributed by atoms with Crippen LogP contribution in [0.1, 0.15) is 38.6 Å². The summed E-state index contributed by atoms with van der Waals surface area (Å²) in [6.45, 7) is 1.85. The van der Waals surface area contributed by atoms with E-state index in [0.29, 0.717) is 5.69 Å². The molecule has 1 saturated carbocycles. The van der Waals surface area contributed by atoms with Gasteiger partial charge < -0.3 is 9.67 Å². The van der Waals surface area contributed by atoms with Crippen LogP contribution in [0.2, 0.25) is 0 Å². The van der Waals surface area contributed by atoms with E-state index in [0.717, 1.165) is 25.7 Å². The van der Waals surface area contributed by atoms with Crippen molar-refractivity contribution in [2.45, 2.75) is 44.2 Å². The predicted molar refractivity (Wildman–Crippen MR) is 68.3 cm³/mol. The van der Waals surface area contributed by atoms with Crippen molar-refractivity contribution in [3.8, 4) is 0 Å². The minimum Gasteiger partial charge on any atom is -0.390 e. The summed E-state index contributed by atoms with van der Waals surface area (Å²) in [4.78, 5) is 14.4.